The molecular formula is C8H7F4NO. The Morgan fingerprint density at radius 3 is 2.21 bits per heavy atom. The second-order valence-electron chi connectivity index (χ2n) is 2.68. The molecule has 2 nitrogen and oxygen atoms in total. The molecule has 0 aliphatic heterocycles. The van der Waals surface area contributed by atoms with E-state index in [2.05, 4.69) is 0 Å². The molecule has 1 rings (SSSR count). The van der Waals surface area contributed by atoms with Crippen LogP contribution in [-0.2, 0) is 0 Å². The Morgan fingerprint density at radius 1 is 1.14 bits per heavy atom. The summed E-state index contributed by atoms with van der Waals surface area (Å²) < 4.78 is 50.6. The largest absolute Gasteiger partial charge is 0.394 e. The number of aliphatic hydroxyl groups is 1. The van der Waals surface area contributed by atoms with Crippen LogP contribution in [-0.4, -0.2) is 11.7 Å². The first-order valence-electron chi connectivity index (χ1n) is 3.68. The topological polar surface area (TPSA) is 46.2 Å². The third kappa shape index (κ3) is 1.71. The van der Waals surface area contributed by atoms with Crippen LogP contribution in [0, 0.1) is 23.3 Å². The second-order valence-corrected chi connectivity index (χ2v) is 2.68. The van der Waals surface area contributed by atoms with Gasteiger partial charge in [-0.1, -0.05) is 0 Å². The predicted octanol–water partition coefficient (Wildman–Crippen LogP) is 1.24. The zero-order valence-corrected chi connectivity index (χ0v) is 6.90. The molecule has 0 fully saturated rings. The summed E-state index contributed by atoms with van der Waals surface area (Å²) in [6.45, 7) is -0.693. The standard InChI is InChI=1S/C8H7F4NO/c9-4-1-3(5(13)2-14)6(10)8(12)7(4)11/h1,5,14H,2,13H2/t5-/m0/s1. The molecule has 0 amide bonds. The average Bonchev–Trinajstić information content (AvgIpc) is 2.19. The first-order valence-corrected chi connectivity index (χ1v) is 3.68. The molecule has 3 N–H and O–H groups in total. The van der Waals surface area contributed by atoms with Gasteiger partial charge >= 0.3 is 0 Å². The van der Waals surface area contributed by atoms with Gasteiger partial charge in [0.15, 0.2) is 23.3 Å². The van der Waals surface area contributed by atoms with Gasteiger partial charge in [0.2, 0.25) is 0 Å². The highest BCUT2D eigenvalue weighted by Gasteiger charge is 2.21. The highest BCUT2D eigenvalue weighted by molar-refractivity contribution is 5.24. The molecule has 78 valence electrons. The minimum atomic E-state index is -1.93. The van der Waals surface area contributed by atoms with Crippen LogP contribution in [0.15, 0.2) is 6.07 Å². The van der Waals surface area contributed by atoms with Crippen molar-refractivity contribution < 1.29 is 22.7 Å². The van der Waals surface area contributed by atoms with Crippen LogP contribution in [0.4, 0.5) is 17.6 Å². The van der Waals surface area contributed by atoms with Gasteiger partial charge in [-0.05, 0) is 6.07 Å². The maximum Gasteiger partial charge on any atom is 0.197 e. The highest BCUT2D eigenvalue weighted by Crippen LogP contribution is 2.22. The van der Waals surface area contributed by atoms with Gasteiger partial charge < -0.3 is 10.8 Å². The minimum Gasteiger partial charge on any atom is -0.394 e. The number of hydrogen-bond acceptors (Lipinski definition) is 2. The third-order valence-corrected chi connectivity index (χ3v) is 1.73. The monoisotopic (exact) mass is 209 g/mol. The molecule has 0 saturated carbocycles. The summed E-state index contributed by atoms with van der Waals surface area (Å²) in [5, 5.41) is 8.53. The Hall–Kier alpha value is -1.14. The quantitative estimate of drug-likeness (QED) is 0.437. The van der Waals surface area contributed by atoms with Gasteiger partial charge in [0.1, 0.15) is 0 Å². The van der Waals surface area contributed by atoms with Gasteiger partial charge in [-0.25, -0.2) is 17.6 Å². The number of benzene rings is 1. The van der Waals surface area contributed by atoms with E-state index in [0.29, 0.717) is 6.07 Å². The van der Waals surface area contributed by atoms with Crippen molar-refractivity contribution in [1.82, 2.24) is 0 Å². The molecule has 0 unspecified atom stereocenters. The average molecular weight is 209 g/mol. The van der Waals surface area contributed by atoms with Gasteiger partial charge in [-0.15, -0.1) is 0 Å². The summed E-state index contributed by atoms with van der Waals surface area (Å²) >= 11 is 0. The van der Waals surface area contributed by atoms with E-state index >= 15 is 0 Å². The molecule has 0 spiro atoms. The minimum absolute atomic E-state index is 0.425. The number of halogens is 4. The smallest absolute Gasteiger partial charge is 0.197 e. The molecule has 0 bridgehead atoms. The lowest BCUT2D eigenvalue weighted by atomic mass is 10.1. The van der Waals surface area contributed by atoms with E-state index in [9.17, 15) is 17.6 Å². The zero-order valence-electron chi connectivity index (χ0n) is 6.90. The summed E-state index contributed by atoms with van der Waals surface area (Å²) in [6, 6.07) is -0.853. The van der Waals surface area contributed by atoms with Crippen molar-refractivity contribution in [2.24, 2.45) is 5.73 Å². The van der Waals surface area contributed by atoms with Crippen molar-refractivity contribution in [3.05, 3.63) is 34.9 Å². The second kappa shape index (κ2) is 3.93. The highest BCUT2D eigenvalue weighted by atomic mass is 19.2. The molecule has 1 aromatic carbocycles. The molecule has 0 radical (unpaired) electrons. The van der Waals surface area contributed by atoms with E-state index in [1.54, 1.807) is 0 Å². The molecule has 1 atom stereocenters. The summed E-state index contributed by atoms with van der Waals surface area (Å²) in [5.41, 5.74) is 4.54. The van der Waals surface area contributed by atoms with E-state index < -0.39 is 41.5 Å². The molecular weight excluding hydrogens is 202 g/mol. The van der Waals surface area contributed by atoms with Crippen molar-refractivity contribution in [2.75, 3.05) is 6.61 Å². The lowest BCUT2D eigenvalue weighted by molar-refractivity contribution is 0.263. The molecule has 6 heteroatoms. The Labute approximate surface area is 77.0 Å². The van der Waals surface area contributed by atoms with Crippen molar-refractivity contribution in [1.29, 1.82) is 0 Å². The summed E-state index contributed by atoms with van der Waals surface area (Å²) in [5.74, 6) is -6.94. The molecule has 0 aliphatic rings. The summed E-state index contributed by atoms with van der Waals surface area (Å²) in [6.07, 6.45) is 0. The van der Waals surface area contributed by atoms with E-state index in [1.807, 2.05) is 0 Å². The number of aliphatic hydroxyl groups excluding tert-OH is 1. The molecule has 1 aromatic rings. The lowest BCUT2D eigenvalue weighted by Gasteiger charge is -2.10. The normalized spacial score (nSPS) is 13.0. The van der Waals surface area contributed by atoms with E-state index in [-0.39, 0.29) is 0 Å². The fraction of sp³-hybridized carbons (Fsp3) is 0.250. The Kier molecular flexibility index (Phi) is 3.07. The summed E-state index contributed by atoms with van der Waals surface area (Å²) in [7, 11) is 0. The van der Waals surface area contributed by atoms with Crippen LogP contribution in [0.25, 0.3) is 0 Å². The zero-order chi connectivity index (χ0) is 10.9. The van der Waals surface area contributed by atoms with Crippen LogP contribution in [0.5, 0.6) is 0 Å². The first kappa shape index (κ1) is 10.9. The van der Waals surface area contributed by atoms with Crippen LogP contribution < -0.4 is 5.73 Å². The maximum absolute atomic E-state index is 12.9. The fourth-order valence-electron chi connectivity index (χ4n) is 0.959. The van der Waals surface area contributed by atoms with Crippen molar-refractivity contribution in [3.63, 3.8) is 0 Å². The van der Waals surface area contributed by atoms with Crippen molar-refractivity contribution in [3.8, 4) is 0 Å². The van der Waals surface area contributed by atoms with Crippen LogP contribution in [0.3, 0.4) is 0 Å². The molecule has 0 saturated heterocycles. The molecule has 14 heavy (non-hydrogen) atoms. The SMILES string of the molecule is N[C@@H](CO)c1cc(F)c(F)c(F)c1F. The van der Waals surface area contributed by atoms with Crippen molar-refractivity contribution >= 4 is 0 Å². The lowest BCUT2D eigenvalue weighted by Crippen LogP contribution is -2.18. The van der Waals surface area contributed by atoms with Gasteiger partial charge in [0, 0.05) is 5.56 Å². The summed E-state index contributed by atoms with van der Waals surface area (Å²) in [4.78, 5) is 0. The van der Waals surface area contributed by atoms with E-state index in [4.69, 9.17) is 10.8 Å². The van der Waals surface area contributed by atoms with Gasteiger partial charge in [0.05, 0.1) is 12.6 Å². The van der Waals surface area contributed by atoms with Crippen LogP contribution in [0.1, 0.15) is 11.6 Å². The Morgan fingerprint density at radius 2 is 1.71 bits per heavy atom. The van der Waals surface area contributed by atoms with Crippen LogP contribution >= 0.6 is 0 Å². The Balaban J connectivity index is 3.33. The third-order valence-electron chi connectivity index (χ3n) is 1.73. The first-order chi connectivity index (χ1) is 6.49. The number of rotatable bonds is 2. The maximum atomic E-state index is 12.9. The Bertz CT molecular complexity index is 356. The van der Waals surface area contributed by atoms with Gasteiger partial charge in [-0.3, -0.25) is 0 Å². The molecule has 0 aliphatic carbocycles. The van der Waals surface area contributed by atoms with E-state index in [1.165, 1.54) is 0 Å². The van der Waals surface area contributed by atoms with Crippen LogP contribution in [0.2, 0.25) is 0 Å². The molecule has 0 aromatic heterocycles. The van der Waals surface area contributed by atoms with E-state index in [0.717, 1.165) is 0 Å². The number of nitrogens with two attached hydrogens (primary N) is 1. The predicted molar refractivity (Wildman–Crippen MR) is 40.3 cm³/mol. The van der Waals surface area contributed by atoms with Gasteiger partial charge in [0.25, 0.3) is 0 Å². The van der Waals surface area contributed by atoms with Gasteiger partial charge in [-0.2, -0.15) is 0 Å². The molecule has 0 heterocycles. The number of hydrogen-bond donors (Lipinski definition) is 2. The fourth-order valence-corrected chi connectivity index (χ4v) is 0.959. The van der Waals surface area contributed by atoms with Crippen molar-refractivity contribution in [2.45, 2.75) is 6.04 Å².